The Balaban J connectivity index is 1.40. The first-order valence-electron chi connectivity index (χ1n) is 9.82. The van der Waals surface area contributed by atoms with E-state index in [1.165, 1.54) is 11.1 Å². The maximum Gasteiger partial charge on any atom is 0.188 e. The molecule has 2 aromatic rings. The number of rotatable bonds is 9. The second-order valence-electron chi connectivity index (χ2n) is 7.48. The molecule has 2 bridgehead atoms. The SMILES string of the molecule is COCOc1ccccc1CC1C(COCc2ccccc2)C2CC[C@@H]1O2. The van der Waals surface area contributed by atoms with Crippen molar-refractivity contribution < 1.29 is 18.9 Å². The standard InChI is InChI=1S/C23H28O4/c1-24-16-26-21-10-6-5-9-18(21)13-19-20(23-12-11-22(19)27-23)15-25-14-17-7-3-2-4-8-17/h2-10,19-20,22-23H,11-16H2,1H3/t19?,20?,22-,23?/m0/s1. The lowest BCUT2D eigenvalue weighted by Gasteiger charge is -2.28. The molecule has 0 saturated carbocycles. The number of benzene rings is 2. The number of ether oxygens (including phenoxy) is 4. The number of hydrogen-bond acceptors (Lipinski definition) is 4. The number of fused-ring (bicyclic) bond motifs is 2. The van der Waals surface area contributed by atoms with Gasteiger partial charge in [-0.05, 0) is 42.4 Å². The molecule has 2 aromatic carbocycles. The summed E-state index contributed by atoms with van der Waals surface area (Å²) < 4.78 is 23.2. The summed E-state index contributed by atoms with van der Waals surface area (Å²) in [5, 5.41) is 0. The molecule has 4 heteroatoms. The van der Waals surface area contributed by atoms with Gasteiger partial charge in [0.2, 0.25) is 0 Å². The predicted octanol–water partition coefficient (Wildman–Crippen LogP) is 4.22. The van der Waals surface area contributed by atoms with Gasteiger partial charge in [0, 0.05) is 13.0 Å². The maximum atomic E-state index is 6.25. The fraction of sp³-hybridized carbons (Fsp3) is 0.478. The summed E-state index contributed by atoms with van der Waals surface area (Å²) in [6.45, 7) is 1.69. The Kier molecular flexibility index (Phi) is 6.07. The molecule has 27 heavy (non-hydrogen) atoms. The lowest BCUT2D eigenvalue weighted by atomic mass is 9.76. The van der Waals surface area contributed by atoms with Crippen LogP contribution in [0.15, 0.2) is 54.6 Å². The normalized spacial score (nSPS) is 26.4. The molecule has 2 aliphatic rings. The summed E-state index contributed by atoms with van der Waals surface area (Å²) >= 11 is 0. The van der Waals surface area contributed by atoms with E-state index in [-0.39, 0.29) is 6.79 Å². The lowest BCUT2D eigenvalue weighted by Crippen LogP contribution is -2.32. The van der Waals surface area contributed by atoms with Gasteiger partial charge in [0.1, 0.15) is 5.75 Å². The summed E-state index contributed by atoms with van der Waals surface area (Å²) in [7, 11) is 1.65. The quantitative estimate of drug-likeness (QED) is 0.621. The Labute approximate surface area is 161 Å². The molecular weight excluding hydrogens is 340 g/mol. The van der Waals surface area contributed by atoms with Crippen LogP contribution in [0.5, 0.6) is 5.75 Å². The van der Waals surface area contributed by atoms with E-state index in [2.05, 4.69) is 36.4 Å². The molecule has 4 rings (SSSR count). The maximum absolute atomic E-state index is 6.25. The Bertz CT molecular complexity index is 717. The molecule has 0 spiro atoms. The molecule has 0 radical (unpaired) electrons. The van der Waals surface area contributed by atoms with Crippen LogP contribution in [0, 0.1) is 11.8 Å². The first-order chi connectivity index (χ1) is 13.3. The van der Waals surface area contributed by atoms with Gasteiger partial charge in [0.25, 0.3) is 0 Å². The van der Waals surface area contributed by atoms with E-state index in [4.69, 9.17) is 18.9 Å². The fourth-order valence-corrected chi connectivity index (χ4v) is 4.46. The first-order valence-corrected chi connectivity index (χ1v) is 9.82. The van der Waals surface area contributed by atoms with E-state index < -0.39 is 0 Å². The van der Waals surface area contributed by atoms with E-state index in [0.29, 0.717) is 30.7 Å². The van der Waals surface area contributed by atoms with Crippen molar-refractivity contribution in [3.63, 3.8) is 0 Å². The van der Waals surface area contributed by atoms with Crippen molar-refractivity contribution in [1.82, 2.24) is 0 Å². The smallest absolute Gasteiger partial charge is 0.188 e. The molecule has 0 aromatic heterocycles. The first kappa shape index (κ1) is 18.5. The topological polar surface area (TPSA) is 36.9 Å². The molecule has 4 atom stereocenters. The van der Waals surface area contributed by atoms with Crippen LogP contribution < -0.4 is 4.74 Å². The molecule has 3 unspecified atom stereocenters. The summed E-state index contributed by atoms with van der Waals surface area (Å²) in [5.74, 6) is 1.83. The fourth-order valence-electron chi connectivity index (χ4n) is 4.46. The van der Waals surface area contributed by atoms with Crippen LogP contribution in [0.25, 0.3) is 0 Å². The highest BCUT2D eigenvalue weighted by molar-refractivity contribution is 5.34. The van der Waals surface area contributed by atoms with E-state index in [1.54, 1.807) is 7.11 Å². The van der Waals surface area contributed by atoms with Crippen LogP contribution >= 0.6 is 0 Å². The Morgan fingerprint density at radius 1 is 0.926 bits per heavy atom. The van der Waals surface area contributed by atoms with Gasteiger partial charge in [0.15, 0.2) is 6.79 Å². The lowest BCUT2D eigenvalue weighted by molar-refractivity contribution is 0.0413. The summed E-state index contributed by atoms with van der Waals surface area (Å²) in [6.07, 6.45) is 3.95. The number of para-hydroxylation sites is 1. The zero-order valence-corrected chi connectivity index (χ0v) is 15.9. The van der Waals surface area contributed by atoms with Gasteiger partial charge in [-0.1, -0.05) is 48.5 Å². The third-order valence-corrected chi connectivity index (χ3v) is 5.77. The molecule has 0 aliphatic carbocycles. The van der Waals surface area contributed by atoms with Crippen LogP contribution in [0.4, 0.5) is 0 Å². The van der Waals surface area contributed by atoms with Gasteiger partial charge in [-0.2, -0.15) is 0 Å². The molecule has 2 saturated heterocycles. The van der Waals surface area contributed by atoms with Crippen molar-refractivity contribution in [3.8, 4) is 5.75 Å². The second kappa shape index (κ2) is 8.87. The predicted molar refractivity (Wildman–Crippen MR) is 104 cm³/mol. The highest BCUT2D eigenvalue weighted by Crippen LogP contribution is 2.45. The highest BCUT2D eigenvalue weighted by atomic mass is 16.7. The van der Waals surface area contributed by atoms with Crippen LogP contribution in [-0.4, -0.2) is 32.7 Å². The summed E-state index contributed by atoms with van der Waals surface area (Å²) in [6, 6.07) is 18.6. The van der Waals surface area contributed by atoms with Gasteiger partial charge in [0.05, 0.1) is 25.4 Å². The molecule has 2 aliphatic heterocycles. The minimum atomic E-state index is 0.272. The van der Waals surface area contributed by atoms with E-state index in [0.717, 1.165) is 31.6 Å². The van der Waals surface area contributed by atoms with Crippen molar-refractivity contribution in [2.75, 3.05) is 20.5 Å². The van der Waals surface area contributed by atoms with Gasteiger partial charge in [-0.25, -0.2) is 0 Å². The van der Waals surface area contributed by atoms with E-state index >= 15 is 0 Å². The van der Waals surface area contributed by atoms with Gasteiger partial charge in [-0.15, -0.1) is 0 Å². The molecule has 0 amide bonds. The third-order valence-electron chi connectivity index (χ3n) is 5.77. The van der Waals surface area contributed by atoms with Crippen LogP contribution in [0.1, 0.15) is 24.0 Å². The number of hydrogen-bond donors (Lipinski definition) is 0. The minimum Gasteiger partial charge on any atom is -0.467 e. The minimum absolute atomic E-state index is 0.272. The zero-order valence-electron chi connectivity index (χ0n) is 15.9. The second-order valence-corrected chi connectivity index (χ2v) is 7.48. The Morgan fingerprint density at radius 3 is 2.48 bits per heavy atom. The summed E-state index contributed by atoms with van der Waals surface area (Å²) in [4.78, 5) is 0. The zero-order chi connectivity index (χ0) is 18.5. The van der Waals surface area contributed by atoms with Crippen molar-refractivity contribution >= 4 is 0 Å². The van der Waals surface area contributed by atoms with Crippen LogP contribution in [0.2, 0.25) is 0 Å². The molecule has 0 N–H and O–H groups in total. The molecule has 2 heterocycles. The third kappa shape index (κ3) is 4.34. The van der Waals surface area contributed by atoms with Crippen LogP contribution in [-0.2, 0) is 27.2 Å². The van der Waals surface area contributed by atoms with Gasteiger partial charge in [-0.3, -0.25) is 0 Å². The Hall–Kier alpha value is -1.88. The average molecular weight is 368 g/mol. The number of methoxy groups -OCH3 is 1. The van der Waals surface area contributed by atoms with Gasteiger partial charge < -0.3 is 18.9 Å². The molecule has 4 nitrogen and oxygen atoms in total. The molecular formula is C23H28O4. The monoisotopic (exact) mass is 368 g/mol. The van der Waals surface area contributed by atoms with Crippen molar-refractivity contribution in [2.24, 2.45) is 11.8 Å². The van der Waals surface area contributed by atoms with Crippen LogP contribution in [0.3, 0.4) is 0 Å². The van der Waals surface area contributed by atoms with E-state index in [1.807, 2.05) is 18.2 Å². The Morgan fingerprint density at radius 2 is 1.67 bits per heavy atom. The average Bonchev–Trinajstić information content (AvgIpc) is 3.31. The van der Waals surface area contributed by atoms with Crippen molar-refractivity contribution in [2.45, 2.75) is 38.1 Å². The van der Waals surface area contributed by atoms with Crippen molar-refractivity contribution in [3.05, 3.63) is 65.7 Å². The molecule has 2 fully saturated rings. The largest absolute Gasteiger partial charge is 0.467 e. The van der Waals surface area contributed by atoms with Crippen molar-refractivity contribution in [1.29, 1.82) is 0 Å². The van der Waals surface area contributed by atoms with Gasteiger partial charge >= 0.3 is 0 Å². The molecule has 144 valence electrons. The highest BCUT2D eigenvalue weighted by Gasteiger charge is 2.48. The van der Waals surface area contributed by atoms with E-state index in [9.17, 15) is 0 Å². The summed E-state index contributed by atoms with van der Waals surface area (Å²) in [5.41, 5.74) is 2.44.